The molecule has 0 atom stereocenters. The highest BCUT2D eigenvalue weighted by atomic mass is 35.5. The predicted molar refractivity (Wildman–Crippen MR) is 98.6 cm³/mol. The molecule has 1 N–H and O–H groups in total. The van der Waals surface area contributed by atoms with Gasteiger partial charge >= 0.3 is 0 Å². The van der Waals surface area contributed by atoms with Gasteiger partial charge in [-0.25, -0.2) is 9.07 Å². The zero-order valence-electron chi connectivity index (χ0n) is 14.3. The molecular weight excluding hydrogens is 357 g/mol. The molecule has 3 aromatic rings. The maximum Gasteiger partial charge on any atom is 0.262 e. The zero-order chi connectivity index (χ0) is 18.7. The van der Waals surface area contributed by atoms with Crippen LogP contribution in [0.5, 0.6) is 5.75 Å². The van der Waals surface area contributed by atoms with Gasteiger partial charge in [-0.1, -0.05) is 29.8 Å². The van der Waals surface area contributed by atoms with Crippen LogP contribution in [-0.2, 0) is 4.79 Å². The van der Waals surface area contributed by atoms with Crippen molar-refractivity contribution in [3.8, 4) is 11.4 Å². The van der Waals surface area contributed by atoms with E-state index in [1.165, 1.54) is 18.2 Å². The van der Waals surface area contributed by atoms with E-state index in [0.717, 1.165) is 11.4 Å². The van der Waals surface area contributed by atoms with Crippen LogP contribution in [0.15, 0.2) is 48.5 Å². The second-order valence-corrected chi connectivity index (χ2v) is 6.11. The highest BCUT2D eigenvalue weighted by Gasteiger charge is 2.15. The summed E-state index contributed by atoms with van der Waals surface area (Å²) in [6, 6.07) is 13.6. The fraction of sp³-hybridized carbons (Fsp3) is 0.158. The van der Waals surface area contributed by atoms with Crippen molar-refractivity contribution in [2.75, 3.05) is 11.9 Å². The number of benzene rings is 2. The number of para-hydroxylation sites is 1. The van der Waals surface area contributed by atoms with E-state index in [1.807, 2.05) is 44.2 Å². The lowest BCUT2D eigenvalue weighted by Gasteiger charge is -2.09. The van der Waals surface area contributed by atoms with Gasteiger partial charge in [-0.15, -0.1) is 0 Å². The molecule has 2 aromatic carbocycles. The van der Waals surface area contributed by atoms with Gasteiger partial charge in [0.25, 0.3) is 5.91 Å². The molecule has 0 fully saturated rings. The summed E-state index contributed by atoms with van der Waals surface area (Å²) in [5.74, 6) is -0.563. The third kappa shape index (κ3) is 3.86. The third-order valence-corrected chi connectivity index (χ3v) is 4.11. The Kier molecular flexibility index (Phi) is 5.23. The Hall–Kier alpha value is -2.86. The van der Waals surface area contributed by atoms with Gasteiger partial charge in [0.2, 0.25) is 0 Å². The molecule has 1 heterocycles. The number of anilines is 1. The number of nitrogens with zero attached hydrogens (tertiary/aromatic N) is 2. The molecule has 0 aliphatic heterocycles. The first-order valence-electron chi connectivity index (χ1n) is 7.95. The number of carbonyl (C=O) groups excluding carboxylic acids is 1. The van der Waals surface area contributed by atoms with Crippen LogP contribution in [0, 0.1) is 19.7 Å². The molecule has 1 amide bonds. The molecule has 0 spiro atoms. The molecule has 0 saturated heterocycles. The van der Waals surface area contributed by atoms with Gasteiger partial charge in [0.1, 0.15) is 11.6 Å². The van der Waals surface area contributed by atoms with Crippen LogP contribution in [0.4, 0.5) is 10.1 Å². The quantitative estimate of drug-likeness (QED) is 0.725. The van der Waals surface area contributed by atoms with E-state index in [9.17, 15) is 9.18 Å². The minimum atomic E-state index is -0.539. The Morgan fingerprint density at radius 1 is 1.23 bits per heavy atom. The Labute approximate surface area is 155 Å². The van der Waals surface area contributed by atoms with Crippen molar-refractivity contribution in [1.82, 2.24) is 9.78 Å². The van der Waals surface area contributed by atoms with Crippen LogP contribution < -0.4 is 10.1 Å². The summed E-state index contributed by atoms with van der Waals surface area (Å²) in [7, 11) is 0. The Balaban J connectivity index is 1.69. The van der Waals surface area contributed by atoms with E-state index in [-0.39, 0.29) is 17.5 Å². The van der Waals surface area contributed by atoms with E-state index in [1.54, 1.807) is 4.68 Å². The summed E-state index contributed by atoms with van der Waals surface area (Å²) in [5, 5.41) is 7.23. The minimum absolute atomic E-state index is 0.0567. The van der Waals surface area contributed by atoms with Crippen molar-refractivity contribution >= 4 is 23.2 Å². The number of hydrogen-bond acceptors (Lipinski definition) is 3. The highest BCUT2D eigenvalue weighted by Crippen LogP contribution is 2.23. The number of rotatable bonds is 5. The van der Waals surface area contributed by atoms with Gasteiger partial charge in [-0.05, 0) is 38.1 Å². The fourth-order valence-electron chi connectivity index (χ4n) is 2.54. The van der Waals surface area contributed by atoms with Crippen LogP contribution >= 0.6 is 11.6 Å². The van der Waals surface area contributed by atoms with Crippen LogP contribution in [0.3, 0.4) is 0 Å². The van der Waals surface area contributed by atoms with Gasteiger partial charge in [-0.2, -0.15) is 5.10 Å². The number of carbonyl (C=O) groups is 1. The largest absolute Gasteiger partial charge is 0.484 e. The molecule has 3 rings (SSSR count). The summed E-state index contributed by atoms with van der Waals surface area (Å²) < 4.78 is 20.3. The zero-order valence-corrected chi connectivity index (χ0v) is 15.0. The predicted octanol–water partition coefficient (Wildman–Crippen LogP) is 4.30. The smallest absolute Gasteiger partial charge is 0.262 e. The van der Waals surface area contributed by atoms with Crippen molar-refractivity contribution < 1.29 is 13.9 Å². The lowest BCUT2D eigenvalue weighted by Crippen LogP contribution is -2.21. The molecule has 0 aliphatic rings. The third-order valence-electron chi connectivity index (χ3n) is 3.82. The summed E-state index contributed by atoms with van der Waals surface area (Å²) >= 11 is 5.69. The van der Waals surface area contributed by atoms with E-state index in [2.05, 4.69) is 10.4 Å². The Morgan fingerprint density at radius 3 is 2.65 bits per heavy atom. The number of hydrogen-bond donors (Lipinski definition) is 1. The molecule has 134 valence electrons. The molecule has 0 saturated carbocycles. The van der Waals surface area contributed by atoms with Crippen LogP contribution in [0.25, 0.3) is 5.69 Å². The molecular formula is C19H17ClFN3O2. The van der Waals surface area contributed by atoms with Gasteiger partial charge in [0, 0.05) is 6.07 Å². The van der Waals surface area contributed by atoms with Crippen LogP contribution in [0.2, 0.25) is 5.02 Å². The van der Waals surface area contributed by atoms with E-state index < -0.39 is 5.82 Å². The lowest BCUT2D eigenvalue weighted by molar-refractivity contribution is -0.118. The standard InChI is InChI=1S/C19H17ClFN3O2/c1-12-19(13(2)24(23-12)14-6-4-3-5-7-14)22-18(25)11-26-15-8-9-17(21)16(20)10-15/h3-10H,11H2,1-2H3,(H,22,25). The van der Waals surface area contributed by atoms with E-state index in [0.29, 0.717) is 17.1 Å². The van der Waals surface area contributed by atoms with E-state index in [4.69, 9.17) is 16.3 Å². The van der Waals surface area contributed by atoms with Gasteiger partial charge in [0.15, 0.2) is 6.61 Å². The van der Waals surface area contributed by atoms with Gasteiger partial charge in [0.05, 0.1) is 27.8 Å². The summed E-state index contributed by atoms with van der Waals surface area (Å²) in [5.41, 5.74) is 3.06. The number of ether oxygens (including phenoxy) is 1. The van der Waals surface area contributed by atoms with Crippen molar-refractivity contribution in [3.63, 3.8) is 0 Å². The van der Waals surface area contributed by atoms with Crippen LogP contribution in [0.1, 0.15) is 11.4 Å². The van der Waals surface area contributed by atoms with Gasteiger partial charge in [-0.3, -0.25) is 4.79 Å². The first kappa shape index (κ1) is 17.9. The average Bonchev–Trinajstić information content (AvgIpc) is 2.91. The fourth-order valence-corrected chi connectivity index (χ4v) is 2.71. The average molecular weight is 374 g/mol. The van der Waals surface area contributed by atoms with Crippen molar-refractivity contribution in [2.45, 2.75) is 13.8 Å². The van der Waals surface area contributed by atoms with Crippen molar-refractivity contribution in [2.24, 2.45) is 0 Å². The van der Waals surface area contributed by atoms with Crippen LogP contribution in [-0.4, -0.2) is 22.3 Å². The second kappa shape index (κ2) is 7.58. The molecule has 5 nitrogen and oxygen atoms in total. The van der Waals surface area contributed by atoms with Gasteiger partial charge < -0.3 is 10.1 Å². The summed E-state index contributed by atoms with van der Waals surface area (Å²) in [6.07, 6.45) is 0. The first-order valence-corrected chi connectivity index (χ1v) is 8.33. The topological polar surface area (TPSA) is 56.2 Å². The first-order chi connectivity index (χ1) is 12.5. The molecule has 0 bridgehead atoms. The second-order valence-electron chi connectivity index (χ2n) is 5.71. The normalized spacial score (nSPS) is 10.6. The summed E-state index contributed by atoms with van der Waals surface area (Å²) in [4.78, 5) is 12.2. The molecule has 7 heteroatoms. The summed E-state index contributed by atoms with van der Waals surface area (Å²) in [6.45, 7) is 3.48. The number of nitrogens with one attached hydrogen (secondary N) is 1. The maximum absolute atomic E-state index is 13.1. The molecule has 0 unspecified atom stereocenters. The van der Waals surface area contributed by atoms with E-state index >= 15 is 0 Å². The molecule has 0 radical (unpaired) electrons. The Morgan fingerprint density at radius 2 is 1.96 bits per heavy atom. The SMILES string of the molecule is Cc1nn(-c2ccccc2)c(C)c1NC(=O)COc1ccc(F)c(Cl)c1. The molecule has 1 aromatic heterocycles. The Bertz CT molecular complexity index is 941. The molecule has 0 aliphatic carbocycles. The number of amides is 1. The number of halogens is 2. The maximum atomic E-state index is 13.1. The highest BCUT2D eigenvalue weighted by molar-refractivity contribution is 6.30. The monoisotopic (exact) mass is 373 g/mol. The minimum Gasteiger partial charge on any atom is -0.484 e. The van der Waals surface area contributed by atoms with Crippen molar-refractivity contribution in [1.29, 1.82) is 0 Å². The number of aryl methyl sites for hydroxylation is 1. The molecule has 26 heavy (non-hydrogen) atoms. The lowest BCUT2D eigenvalue weighted by atomic mass is 10.3. The van der Waals surface area contributed by atoms with Crippen molar-refractivity contribution in [3.05, 3.63) is 70.8 Å². The number of aromatic nitrogens is 2.